The van der Waals surface area contributed by atoms with Gasteiger partial charge in [0.1, 0.15) is 6.04 Å². The predicted octanol–water partition coefficient (Wildman–Crippen LogP) is 4.01. The summed E-state index contributed by atoms with van der Waals surface area (Å²) in [5.41, 5.74) is 4.43. The highest BCUT2D eigenvalue weighted by atomic mass is 16.2. The minimum atomic E-state index is 0.107. The van der Waals surface area contributed by atoms with E-state index >= 15 is 0 Å². The second-order valence-electron chi connectivity index (χ2n) is 7.18. The van der Waals surface area contributed by atoms with E-state index in [2.05, 4.69) is 23.3 Å². The number of carbonyl (C=O) groups excluding carboxylic acids is 1. The van der Waals surface area contributed by atoms with Gasteiger partial charge in [-0.25, -0.2) is 0 Å². The number of anilines is 1. The standard InChI is InChI=1S/C21H27N3O/c1-4-24(13-7-11-19(24)18-10-6-12-22-14-18)15-20(25)23-21-16(2)8-5-9-17(21)3/h5-6,8-10,12,14,19H,4,7,11,13,15H2,1-3H3/p+1. The number of hydrogen-bond donors (Lipinski definition) is 1. The maximum atomic E-state index is 12.9. The molecule has 2 aromatic rings. The molecule has 1 aliphatic rings. The lowest BCUT2D eigenvalue weighted by Gasteiger charge is -2.39. The number of nitrogens with zero attached hydrogens (tertiary/aromatic N) is 2. The molecule has 25 heavy (non-hydrogen) atoms. The number of pyridine rings is 1. The normalized spacial score (nSPS) is 22.8. The van der Waals surface area contributed by atoms with E-state index in [1.165, 1.54) is 5.56 Å². The second kappa shape index (κ2) is 7.36. The average Bonchev–Trinajstić information content (AvgIpc) is 3.03. The number of carbonyl (C=O) groups is 1. The van der Waals surface area contributed by atoms with Gasteiger partial charge < -0.3 is 9.80 Å². The Morgan fingerprint density at radius 1 is 1.24 bits per heavy atom. The van der Waals surface area contributed by atoms with E-state index in [-0.39, 0.29) is 5.91 Å². The number of aromatic nitrogens is 1. The van der Waals surface area contributed by atoms with Crippen LogP contribution >= 0.6 is 0 Å². The first-order valence-electron chi connectivity index (χ1n) is 9.17. The van der Waals surface area contributed by atoms with Gasteiger partial charge in [0.2, 0.25) is 0 Å². The first kappa shape index (κ1) is 17.6. The zero-order valence-electron chi connectivity index (χ0n) is 15.5. The van der Waals surface area contributed by atoms with Crippen molar-refractivity contribution in [3.8, 4) is 0 Å². The molecule has 2 heterocycles. The fourth-order valence-corrected chi connectivity index (χ4v) is 4.24. The summed E-state index contributed by atoms with van der Waals surface area (Å²) in [4.78, 5) is 17.2. The summed E-state index contributed by atoms with van der Waals surface area (Å²) < 4.78 is 0.822. The number of likely N-dealkylation sites (N-methyl/N-ethyl adjacent to an activating group) is 1. The van der Waals surface area contributed by atoms with Crippen LogP contribution in [0.4, 0.5) is 5.69 Å². The van der Waals surface area contributed by atoms with Gasteiger partial charge in [0.25, 0.3) is 5.91 Å². The van der Waals surface area contributed by atoms with Crippen LogP contribution in [-0.2, 0) is 4.79 Å². The van der Waals surface area contributed by atoms with E-state index in [4.69, 9.17) is 0 Å². The molecule has 0 radical (unpaired) electrons. The molecule has 2 unspecified atom stereocenters. The molecule has 0 spiro atoms. The Morgan fingerprint density at radius 2 is 2.00 bits per heavy atom. The number of aryl methyl sites for hydroxylation is 2. The third kappa shape index (κ3) is 3.59. The molecule has 2 atom stereocenters. The van der Waals surface area contributed by atoms with E-state index < -0.39 is 0 Å². The number of nitrogens with one attached hydrogen (secondary N) is 1. The number of para-hydroxylation sites is 1. The Hall–Kier alpha value is -2.20. The summed E-state index contributed by atoms with van der Waals surface area (Å²) in [7, 11) is 0. The van der Waals surface area contributed by atoms with E-state index in [0.717, 1.165) is 47.2 Å². The number of hydrogen-bond acceptors (Lipinski definition) is 2. The average molecular weight is 338 g/mol. The monoisotopic (exact) mass is 338 g/mol. The highest BCUT2D eigenvalue weighted by molar-refractivity contribution is 5.93. The summed E-state index contributed by atoms with van der Waals surface area (Å²) in [6, 6.07) is 10.6. The topological polar surface area (TPSA) is 42.0 Å². The van der Waals surface area contributed by atoms with Crippen molar-refractivity contribution in [1.29, 1.82) is 0 Å². The number of benzene rings is 1. The van der Waals surface area contributed by atoms with E-state index in [1.807, 2.05) is 50.5 Å². The second-order valence-corrected chi connectivity index (χ2v) is 7.18. The van der Waals surface area contributed by atoms with Crippen LogP contribution in [0.1, 0.15) is 42.5 Å². The van der Waals surface area contributed by atoms with Gasteiger partial charge in [-0.05, 0) is 38.0 Å². The van der Waals surface area contributed by atoms with Crippen molar-refractivity contribution in [1.82, 2.24) is 4.98 Å². The molecule has 1 N–H and O–H groups in total. The first-order valence-corrected chi connectivity index (χ1v) is 9.17. The summed E-state index contributed by atoms with van der Waals surface area (Å²) in [6.45, 7) is 8.81. The third-order valence-electron chi connectivity index (χ3n) is 5.65. The first-order chi connectivity index (χ1) is 12.1. The lowest BCUT2D eigenvalue weighted by molar-refractivity contribution is -0.936. The number of likely N-dealkylation sites (tertiary alicyclic amines) is 1. The maximum Gasteiger partial charge on any atom is 0.279 e. The Labute approximate surface area is 150 Å². The molecular weight excluding hydrogens is 310 g/mol. The molecule has 1 saturated heterocycles. The van der Waals surface area contributed by atoms with Gasteiger partial charge in [-0.15, -0.1) is 0 Å². The molecular formula is C21H28N3O+. The van der Waals surface area contributed by atoms with Crippen molar-refractivity contribution in [2.75, 3.05) is 25.0 Å². The van der Waals surface area contributed by atoms with Crippen molar-refractivity contribution in [3.05, 3.63) is 59.4 Å². The molecule has 0 aliphatic carbocycles. The lowest BCUT2D eigenvalue weighted by atomic mass is 10.0. The van der Waals surface area contributed by atoms with Crippen LogP contribution < -0.4 is 5.32 Å². The maximum absolute atomic E-state index is 12.9. The smallest absolute Gasteiger partial charge is 0.279 e. The van der Waals surface area contributed by atoms with Gasteiger partial charge in [-0.2, -0.15) is 0 Å². The van der Waals surface area contributed by atoms with Gasteiger partial charge in [0.05, 0.1) is 13.1 Å². The molecule has 4 heteroatoms. The van der Waals surface area contributed by atoms with Crippen LogP contribution in [0, 0.1) is 13.8 Å². The highest BCUT2D eigenvalue weighted by Gasteiger charge is 2.43. The zero-order valence-corrected chi connectivity index (χ0v) is 15.5. The van der Waals surface area contributed by atoms with Crippen molar-refractivity contribution >= 4 is 11.6 Å². The van der Waals surface area contributed by atoms with Crippen molar-refractivity contribution in [2.24, 2.45) is 0 Å². The fraction of sp³-hybridized carbons (Fsp3) is 0.429. The number of amides is 1. The van der Waals surface area contributed by atoms with Gasteiger partial charge >= 0.3 is 0 Å². The van der Waals surface area contributed by atoms with Crippen LogP contribution in [-0.4, -0.2) is 35.0 Å². The quantitative estimate of drug-likeness (QED) is 0.837. The molecule has 0 saturated carbocycles. The van der Waals surface area contributed by atoms with Crippen LogP contribution in [0.3, 0.4) is 0 Å². The SMILES string of the molecule is CC[N+]1(CC(=O)Nc2c(C)cccc2C)CCCC1c1cccnc1. The summed E-state index contributed by atoms with van der Waals surface area (Å²) in [5, 5.41) is 3.17. The minimum Gasteiger partial charge on any atom is -0.321 e. The molecule has 4 nitrogen and oxygen atoms in total. The predicted molar refractivity (Wildman–Crippen MR) is 101 cm³/mol. The highest BCUT2D eigenvalue weighted by Crippen LogP contribution is 2.38. The Balaban J connectivity index is 1.80. The Bertz CT molecular complexity index is 724. The molecule has 0 bridgehead atoms. The number of rotatable bonds is 5. The van der Waals surface area contributed by atoms with E-state index in [9.17, 15) is 4.79 Å². The Morgan fingerprint density at radius 3 is 2.64 bits per heavy atom. The molecule has 1 aromatic carbocycles. The van der Waals surface area contributed by atoms with Crippen molar-refractivity contribution < 1.29 is 9.28 Å². The largest absolute Gasteiger partial charge is 0.321 e. The van der Waals surface area contributed by atoms with Gasteiger partial charge in [0, 0.05) is 36.5 Å². The minimum absolute atomic E-state index is 0.107. The van der Waals surface area contributed by atoms with Crippen molar-refractivity contribution in [3.63, 3.8) is 0 Å². The van der Waals surface area contributed by atoms with E-state index in [0.29, 0.717) is 12.6 Å². The van der Waals surface area contributed by atoms with E-state index in [1.54, 1.807) is 0 Å². The van der Waals surface area contributed by atoms with Crippen LogP contribution in [0.15, 0.2) is 42.7 Å². The molecule has 3 rings (SSSR count). The lowest BCUT2D eigenvalue weighted by Crippen LogP contribution is -2.51. The van der Waals surface area contributed by atoms with Gasteiger partial charge in [-0.1, -0.05) is 24.3 Å². The van der Waals surface area contributed by atoms with Crippen molar-refractivity contribution in [2.45, 2.75) is 39.7 Å². The van der Waals surface area contributed by atoms with Crippen LogP contribution in [0.5, 0.6) is 0 Å². The van der Waals surface area contributed by atoms with Crippen LogP contribution in [0.2, 0.25) is 0 Å². The molecule has 1 aliphatic heterocycles. The third-order valence-corrected chi connectivity index (χ3v) is 5.65. The number of quaternary nitrogens is 1. The zero-order chi connectivity index (χ0) is 17.9. The summed E-state index contributed by atoms with van der Waals surface area (Å²) in [5.74, 6) is 0.107. The summed E-state index contributed by atoms with van der Waals surface area (Å²) >= 11 is 0. The molecule has 132 valence electrons. The molecule has 1 amide bonds. The Kier molecular flexibility index (Phi) is 5.19. The van der Waals surface area contributed by atoms with Gasteiger partial charge in [0.15, 0.2) is 6.54 Å². The fourth-order valence-electron chi connectivity index (χ4n) is 4.24. The van der Waals surface area contributed by atoms with Gasteiger partial charge in [-0.3, -0.25) is 9.78 Å². The summed E-state index contributed by atoms with van der Waals surface area (Å²) in [6.07, 6.45) is 6.05. The van der Waals surface area contributed by atoms with Crippen LogP contribution in [0.25, 0.3) is 0 Å². The molecule has 1 fully saturated rings. The molecule has 1 aromatic heterocycles.